The van der Waals surface area contributed by atoms with Gasteiger partial charge in [-0.05, 0) is 30.7 Å². The van der Waals surface area contributed by atoms with E-state index < -0.39 is 0 Å². The van der Waals surface area contributed by atoms with Crippen LogP contribution in [-0.2, 0) is 7.05 Å². The average Bonchev–Trinajstić information content (AvgIpc) is 2.92. The van der Waals surface area contributed by atoms with Gasteiger partial charge in [-0.2, -0.15) is 5.10 Å². The molecule has 3 nitrogen and oxygen atoms in total. The second kappa shape index (κ2) is 6.84. The molecule has 1 aromatic carbocycles. The third-order valence-electron chi connectivity index (χ3n) is 3.11. The monoisotopic (exact) mass is 279 g/mol. The number of nitrogens with zero attached hydrogens (tertiary/aromatic N) is 3. The molecule has 0 atom stereocenters. The second-order valence-corrected chi connectivity index (χ2v) is 4.67. The van der Waals surface area contributed by atoms with Crippen molar-refractivity contribution >= 4 is 0 Å². The molecule has 0 spiro atoms. The fraction of sp³-hybridized carbons (Fsp3) is 0.222. The predicted molar refractivity (Wildman–Crippen MR) is 88.0 cm³/mol. The van der Waals surface area contributed by atoms with Crippen LogP contribution in [-0.4, -0.2) is 14.8 Å². The van der Waals surface area contributed by atoms with Crippen LogP contribution in [0.1, 0.15) is 19.4 Å². The summed E-state index contributed by atoms with van der Waals surface area (Å²) in [6.07, 6.45) is 5.66. The summed E-state index contributed by atoms with van der Waals surface area (Å²) in [4.78, 5) is 4.07. The summed E-state index contributed by atoms with van der Waals surface area (Å²) in [5.74, 6) is 0. The number of pyridine rings is 1. The van der Waals surface area contributed by atoms with Crippen LogP contribution in [0.4, 0.5) is 0 Å². The van der Waals surface area contributed by atoms with Crippen LogP contribution in [0, 0.1) is 6.92 Å². The molecule has 21 heavy (non-hydrogen) atoms. The Labute approximate surface area is 126 Å². The standard InChI is InChI=1S/C16H15N3.C2H6/c1-12-4-3-5-14(10-12)16-15(11-19(2)18-16)13-6-8-17-9-7-13;1-2/h3-11H,1-2H3;1-2H3. The van der Waals surface area contributed by atoms with E-state index in [0.29, 0.717) is 0 Å². The van der Waals surface area contributed by atoms with Crippen LogP contribution < -0.4 is 0 Å². The number of hydrogen-bond donors (Lipinski definition) is 0. The van der Waals surface area contributed by atoms with E-state index in [9.17, 15) is 0 Å². The number of aromatic nitrogens is 3. The molecule has 0 unspecified atom stereocenters. The highest BCUT2D eigenvalue weighted by molar-refractivity contribution is 5.80. The lowest BCUT2D eigenvalue weighted by molar-refractivity contribution is 0.771. The van der Waals surface area contributed by atoms with Gasteiger partial charge in [-0.15, -0.1) is 0 Å². The van der Waals surface area contributed by atoms with E-state index in [2.05, 4.69) is 41.3 Å². The van der Waals surface area contributed by atoms with Crippen molar-refractivity contribution in [3.8, 4) is 22.4 Å². The number of hydrogen-bond acceptors (Lipinski definition) is 2. The van der Waals surface area contributed by atoms with Gasteiger partial charge in [0.1, 0.15) is 5.69 Å². The fourth-order valence-corrected chi connectivity index (χ4v) is 2.24. The highest BCUT2D eigenvalue weighted by atomic mass is 15.2. The summed E-state index contributed by atoms with van der Waals surface area (Å²) in [6, 6.07) is 12.4. The molecule has 0 saturated carbocycles. The topological polar surface area (TPSA) is 30.7 Å². The van der Waals surface area contributed by atoms with Gasteiger partial charge in [0.2, 0.25) is 0 Å². The first-order valence-corrected chi connectivity index (χ1v) is 7.25. The Morgan fingerprint density at radius 2 is 1.67 bits per heavy atom. The molecule has 2 aromatic heterocycles. The molecule has 3 aromatic rings. The molecule has 0 saturated heterocycles. The molecule has 0 aliphatic heterocycles. The highest BCUT2D eigenvalue weighted by Crippen LogP contribution is 2.30. The molecule has 3 rings (SSSR count). The van der Waals surface area contributed by atoms with Crippen LogP contribution in [0.3, 0.4) is 0 Å². The van der Waals surface area contributed by atoms with E-state index in [0.717, 1.165) is 22.4 Å². The Bertz CT molecular complexity index is 699. The lowest BCUT2D eigenvalue weighted by atomic mass is 10.0. The van der Waals surface area contributed by atoms with Gasteiger partial charge in [0.15, 0.2) is 0 Å². The molecule has 108 valence electrons. The normalized spacial score (nSPS) is 9.90. The molecule has 0 N–H and O–H groups in total. The molecular weight excluding hydrogens is 258 g/mol. The minimum Gasteiger partial charge on any atom is -0.275 e. The van der Waals surface area contributed by atoms with E-state index >= 15 is 0 Å². The minimum atomic E-state index is 1.01. The zero-order valence-electron chi connectivity index (χ0n) is 13.0. The smallest absolute Gasteiger partial charge is 0.100 e. The first kappa shape index (κ1) is 15.0. The van der Waals surface area contributed by atoms with Crippen molar-refractivity contribution in [2.24, 2.45) is 7.05 Å². The number of rotatable bonds is 2. The zero-order chi connectivity index (χ0) is 15.2. The lowest BCUT2D eigenvalue weighted by Crippen LogP contribution is -1.88. The molecule has 0 amide bonds. The molecule has 0 aliphatic rings. The first-order valence-electron chi connectivity index (χ1n) is 7.25. The van der Waals surface area contributed by atoms with Crippen LogP contribution in [0.2, 0.25) is 0 Å². The summed E-state index contributed by atoms with van der Waals surface area (Å²) in [6.45, 7) is 6.10. The van der Waals surface area contributed by atoms with Crippen molar-refractivity contribution in [2.45, 2.75) is 20.8 Å². The number of aryl methyl sites for hydroxylation is 2. The molecule has 0 fully saturated rings. The average molecular weight is 279 g/mol. The molecule has 0 radical (unpaired) electrons. The Morgan fingerprint density at radius 1 is 0.952 bits per heavy atom. The van der Waals surface area contributed by atoms with Crippen LogP contribution >= 0.6 is 0 Å². The van der Waals surface area contributed by atoms with Crippen molar-refractivity contribution in [3.63, 3.8) is 0 Å². The third kappa shape index (κ3) is 3.37. The van der Waals surface area contributed by atoms with Crippen molar-refractivity contribution < 1.29 is 0 Å². The van der Waals surface area contributed by atoms with Gasteiger partial charge < -0.3 is 0 Å². The molecule has 3 heteroatoms. The Kier molecular flexibility index (Phi) is 4.88. The molecule has 0 bridgehead atoms. The third-order valence-corrected chi connectivity index (χ3v) is 3.11. The molecule has 0 aliphatic carbocycles. The van der Waals surface area contributed by atoms with Gasteiger partial charge in [-0.3, -0.25) is 9.67 Å². The van der Waals surface area contributed by atoms with Crippen LogP contribution in [0.25, 0.3) is 22.4 Å². The second-order valence-electron chi connectivity index (χ2n) is 4.67. The summed E-state index contributed by atoms with van der Waals surface area (Å²) >= 11 is 0. The first-order chi connectivity index (χ1) is 10.2. The maximum Gasteiger partial charge on any atom is 0.100 e. The highest BCUT2D eigenvalue weighted by Gasteiger charge is 2.11. The summed E-state index contributed by atoms with van der Waals surface area (Å²) < 4.78 is 1.85. The Morgan fingerprint density at radius 3 is 2.33 bits per heavy atom. The SMILES string of the molecule is CC.Cc1cccc(-c2nn(C)cc2-c2ccncc2)c1. The van der Waals surface area contributed by atoms with Gasteiger partial charge in [-0.25, -0.2) is 0 Å². The summed E-state index contributed by atoms with van der Waals surface area (Å²) in [5, 5.41) is 4.59. The fourth-order valence-electron chi connectivity index (χ4n) is 2.24. The summed E-state index contributed by atoms with van der Waals surface area (Å²) in [7, 11) is 1.95. The maximum absolute atomic E-state index is 4.59. The van der Waals surface area contributed by atoms with Gasteiger partial charge in [-0.1, -0.05) is 37.6 Å². The lowest BCUT2D eigenvalue weighted by Gasteiger charge is -2.03. The van der Waals surface area contributed by atoms with Gasteiger partial charge in [0.25, 0.3) is 0 Å². The summed E-state index contributed by atoms with van der Waals surface area (Å²) in [5.41, 5.74) is 5.67. The quantitative estimate of drug-likeness (QED) is 0.692. The zero-order valence-corrected chi connectivity index (χ0v) is 13.0. The van der Waals surface area contributed by atoms with E-state index in [4.69, 9.17) is 0 Å². The largest absolute Gasteiger partial charge is 0.275 e. The van der Waals surface area contributed by atoms with Crippen LogP contribution in [0.5, 0.6) is 0 Å². The number of benzene rings is 1. The van der Waals surface area contributed by atoms with Crippen molar-refractivity contribution in [2.75, 3.05) is 0 Å². The minimum absolute atomic E-state index is 1.01. The van der Waals surface area contributed by atoms with Crippen LogP contribution in [0.15, 0.2) is 55.0 Å². The maximum atomic E-state index is 4.59. The Hall–Kier alpha value is -2.42. The van der Waals surface area contributed by atoms with Gasteiger partial charge in [0, 0.05) is 36.8 Å². The van der Waals surface area contributed by atoms with E-state index in [1.165, 1.54) is 5.56 Å². The molecule has 2 heterocycles. The van der Waals surface area contributed by atoms with Gasteiger partial charge in [0.05, 0.1) is 0 Å². The van der Waals surface area contributed by atoms with E-state index in [1.807, 2.05) is 56.3 Å². The van der Waals surface area contributed by atoms with Gasteiger partial charge >= 0.3 is 0 Å². The van der Waals surface area contributed by atoms with Crippen molar-refractivity contribution in [3.05, 3.63) is 60.6 Å². The van der Waals surface area contributed by atoms with E-state index in [-0.39, 0.29) is 0 Å². The van der Waals surface area contributed by atoms with Crippen molar-refractivity contribution in [1.82, 2.24) is 14.8 Å². The molecular formula is C18H21N3. The van der Waals surface area contributed by atoms with Crippen molar-refractivity contribution in [1.29, 1.82) is 0 Å². The Balaban J connectivity index is 0.000000774. The van der Waals surface area contributed by atoms with E-state index in [1.54, 1.807) is 0 Å². The predicted octanol–water partition coefficient (Wildman–Crippen LogP) is 4.48.